The Kier molecular flexibility index (Phi) is 67.0. The predicted molar refractivity (Wildman–Crippen MR) is 348 cm³/mol. The van der Waals surface area contributed by atoms with Gasteiger partial charge in [0.05, 0.1) is 18.8 Å². The van der Waals surface area contributed by atoms with E-state index in [-0.39, 0.29) is 0 Å². The lowest BCUT2D eigenvalue weighted by molar-refractivity contribution is -0.132. The molecule has 0 aliphatic heterocycles. The van der Waals surface area contributed by atoms with Gasteiger partial charge in [0.25, 0.3) is 0 Å². The molecular weight excluding hydrogens is 971 g/mol. The fourth-order valence-corrected chi connectivity index (χ4v) is 12.1. The fourth-order valence-electron chi connectivity index (χ4n) is 12.1. The number of aliphatic hydroxyl groups excluding tert-OH is 4. The number of rotatable bonds is 69. The number of hydrogen-bond acceptors (Lipinski definition) is 5. The monoisotopic (exact) mass is 1120 g/mol. The molecule has 472 valence electrons. The van der Waals surface area contributed by atoms with Gasteiger partial charge in [0.2, 0.25) is 5.91 Å². The Morgan fingerprint density at radius 1 is 0.304 bits per heavy atom. The number of carbonyl (C=O) groups is 1. The lowest BCUT2D eigenvalue weighted by Crippen LogP contribution is -2.53. The normalized spacial score (nSPS) is 13.4. The number of amides is 1. The van der Waals surface area contributed by atoms with E-state index >= 15 is 0 Å². The van der Waals surface area contributed by atoms with Crippen LogP contribution in [0.1, 0.15) is 418 Å². The topological polar surface area (TPSA) is 110 Å². The Morgan fingerprint density at radius 3 is 0.734 bits per heavy atom. The molecule has 4 atom stereocenters. The van der Waals surface area contributed by atoms with Gasteiger partial charge in [0.15, 0.2) is 0 Å². The molecule has 0 bridgehead atoms. The van der Waals surface area contributed by atoms with Gasteiger partial charge in [0.1, 0.15) is 12.2 Å². The van der Waals surface area contributed by atoms with Crippen molar-refractivity contribution < 1.29 is 25.2 Å². The Morgan fingerprint density at radius 2 is 0.506 bits per heavy atom. The van der Waals surface area contributed by atoms with Gasteiger partial charge in [-0.3, -0.25) is 4.79 Å². The summed E-state index contributed by atoms with van der Waals surface area (Å²) in [6.45, 7) is 4.12. The lowest BCUT2D eigenvalue weighted by Gasteiger charge is -2.27. The molecule has 0 radical (unpaired) electrons. The second kappa shape index (κ2) is 67.8. The third kappa shape index (κ3) is 61.4. The summed E-state index contributed by atoms with van der Waals surface area (Å²) in [5.41, 5.74) is 0. The van der Waals surface area contributed by atoms with E-state index in [0.29, 0.717) is 12.8 Å². The summed E-state index contributed by atoms with van der Waals surface area (Å²) >= 11 is 0. The van der Waals surface area contributed by atoms with E-state index in [0.717, 1.165) is 38.5 Å². The van der Waals surface area contributed by atoms with E-state index in [2.05, 4.69) is 31.3 Å². The quantitative estimate of drug-likeness (QED) is 0.0308. The molecule has 1 amide bonds. The second-order valence-electron chi connectivity index (χ2n) is 25.7. The summed E-state index contributed by atoms with van der Waals surface area (Å²) in [6.07, 6.45) is 85.0. The van der Waals surface area contributed by atoms with Gasteiger partial charge in [0, 0.05) is 0 Å². The van der Waals surface area contributed by atoms with E-state index in [9.17, 15) is 25.2 Å². The summed E-state index contributed by atoms with van der Waals surface area (Å²) in [4.78, 5) is 12.7. The van der Waals surface area contributed by atoms with Crippen molar-refractivity contribution >= 4 is 5.91 Å². The highest BCUT2D eigenvalue weighted by Gasteiger charge is 2.28. The predicted octanol–water partition coefficient (Wildman–Crippen LogP) is 22.7. The van der Waals surface area contributed by atoms with Crippen molar-refractivity contribution in [2.24, 2.45) is 0 Å². The molecule has 4 unspecified atom stereocenters. The smallest absolute Gasteiger partial charge is 0.249 e. The minimum Gasteiger partial charge on any atom is -0.394 e. The third-order valence-electron chi connectivity index (χ3n) is 17.7. The number of allylic oxidation sites excluding steroid dienone is 2. The van der Waals surface area contributed by atoms with Crippen molar-refractivity contribution in [1.29, 1.82) is 0 Å². The third-order valence-corrected chi connectivity index (χ3v) is 17.7. The first-order chi connectivity index (χ1) is 39.0. The molecular formula is C73H145NO5. The number of unbranched alkanes of at least 4 members (excludes halogenated alkanes) is 58. The highest BCUT2D eigenvalue weighted by molar-refractivity contribution is 5.80. The molecule has 0 saturated heterocycles. The molecule has 0 rings (SSSR count). The molecule has 0 spiro atoms. The van der Waals surface area contributed by atoms with Crippen LogP contribution in [0.3, 0.4) is 0 Å². The van der Waals surface area contributed by atoms with Gasteiger partial charge in [-0.2, -0.15) is 0 Å². The Hall–Kier alpha value is -0.950. The first kappa shape index (κ1) is 78.0. The molecule has 0 aromatic rings. The number of hydrogen-bond donors (Lipinski definition) is 5. The zero-order valence-electron chi connectivity index (χ0n) is 53.9. The number of aliphatic hydroxyl groups is 4. The van der Waals surface area contributed by atoms with Gasteiger partial charge in [-0.15, -0.1) is 0 Å². The van der Waals surface area contributed by atoms with E-state index in [1.54, 1.807) is 0 Å². The molecule has 0 aliphatic rings. The summed E-state index contributed by atoms with van der Waals surface area (Å²) in [6, 6.07) is -0.985. The second-order valence-corrected chi connectivity index (χ2v) is 25.7. The van der Waals surface area contributed by atoms with Crippen molar-refractivity contribution in [2.45, 2.75) is 443 Å². The SMILES string of the molecule is CCCCCCCCCCCCCC/C=C\CCCCCCCCCCCCCCCCCC(O)C(=O)NC(CO)C(O)C(O)CCCCCCCCCCCCCCCCCCCCCCCCCCCCCCCCCC. The molecule has 6 heteroatoms. The molecule has 5 N–H and O–H groups in total. The summed E-state index contributed by atoms with van der Waals surface area (Å²) in [7, 11) is 0. The minimum atomic E-state index is -1.26. The molecule has 0 heterocycles. The molecule has 0 saturated carbocycles. The maximum absolute atomic E-state index is 12.7. The van der Waals surface area contributed by atoms with Crippen LogP contribution in [0, 0.1) is 0 Å². The molecule has 6 nitrogen and oxygen atoms in total. The molecule has 0 aromatic heterocycles. The molecule has 0 fully saturated rings. The van der Waals surface area contributed by atoms with Crippen molar-refractivity contribution in [2.75, 3.05) is 6.61 Å². The van der Waals surface area contributed by atoms with Crippen LogP contribution in [-0.2, 0) is 4.79 Å². The highest BCUT2D eigenvalue weighted by atomic mass is 16.3. The lowest BCUT2D eigenvalue weighted by atomic mass is 9.99. The van der Waals surface area contributed by atoms with Gasteiger partial charge >= 0.3 is 0 Å². The molecule has 0 aliphatic carbocycles. The Balaban J connectivity index is 3.51. The van der Waals surface area contributed by atoms with Crippen LogP contribution in [0.15, 0.2) is 12.2 Å². The number of nitrogens with one attached hydrogen (secondary N) is 1. The Labute approximate surface area is 495 Å². The zero-order chi connectivity index (χ0) is 57.3. The van der Waals surface area contributed by atoms with E-state index in [1.165, 1.54) is 353 Å². The van der Waals surface area contributed by atoms with Crippen molar-refractivity contribution in [3.05, 3.63) is 12.2 Å². The maximum atomic E-state index is 12.7. The van der Waals surface area contributed by atoms with Gasteiger partial charge in [-0.1, -0.05) is 392 Å². The van der Waals surface area contributed by atoms with Crippen LogP contribution in [0.5, 0.6) is 0 Å². The highest BCUT2D eigenvalue weighted by Crippen LogP contribution is 2.20. The average molecular weight is 1120 g/mol. The van der Waals surface area contributed by atoms with Gasteiger partial charge in [-0.05, 0) is 38.5 Å². The fraction of sp³-hybridized carbons (Fsp3) is 0.959. The molecule has 0 aromatic carbocycles. The maximum Gasteiger partial charge on any atom is 0.249 e. The van der Waals surface area contributed by atoms with Gasteiger partial charge in [-0.25, -0.2) is 0 Å². The van der Waals surface area contributed by atoms with Crippen LogP contribution < -0.4 is 5.32 Å². The van der Waals surface area contributed by atoms with E-state index in [1.807, 2.05) is 0 Å². The Bertz CT molecular complexity index is 1160. The standard InChI is InChI=1S/C73H145NO5/c1-3-5-7-9-11-13-15-17-19-21-23-25-27-29-31-33-35-37-38-40-42-44-46-48-50-52-54-56-58-60-62-64-66-70(76)72(78)69(68-75)74-73(79)71(77)67-65-63-61-59-57-55-53-51-49-47-45-43-41-39-36-34-32-30-28-26-24-22-20-18-16-14-12-10-8-6-4-2/h30,32,69-72,75-78H,3-29,31,33-68H2,1-2H3,(H,74,79)/b32-30-. The summed E-state index contributed by atoms with van der Waals surface area (Å²) in [5.74, 6) is -0.575. The largest absolute Gasteiger partial charge is 0.394 e. The first-order valence-corrected chi connectivity index (χ1v) is 36.6. The zero-order valence-corrected chi connectivity index (χ0v) is 53.9. The van der Waals surface area contributed by atoms with Crippen LogP contribution in [0.2, 0.25) is 0 Å². The van der Waals surface area contributed by atoms with E-state index < -0.39 is 36.9 Å². The van der Waals surface area contributed by atoms with Crippen molar-refractivity contribution in [3.8, 4) is 0 Å². The van der Waals surface area contributed by atoms with Gasteiger partial charge < -0.3 is 25.7 Å². The summed E-state index contributed by atoms with van der Waals surface area (Å²) in [5, 5.41) is 44.3. The van der Waals surface area contributed by atoms with Crippen LogP contribution in [-0.4, -0.2) is 57.3 Å². The minimum absolute atomic E-state index is 0.374. The molecule has 79 heavy (non-hydrogen) atoms. The first-order valence-electron chi connectivity index (χ1n) is 36.6. The van der Waals surface area contributed by atoms with Crippen LogP contribution in [0.4, 0.5) is 0 Å². The van der Waals surface area contributed by atoms with Crippen LogP contribution in [0.25, 0.3) is 0 Å². The van der Waals surface area contributed by atoms with E-state index in [4.69, 9.17) is 0 Å². The van der Waals surface area contributed by atoms with Crippen molar-refractivity contribution in [3.63, 3.8) is 0 Å². The average Bonchev–Trinajstić information content (AvgIpc) is 3.45. The van der Waals surface area contributed by atoms with Crippen LogP contribution >= 0.6 is 0 Å². The van der Waals surface area contributed by atoms with Crippen molar-refractivity contribution in [1.82, 2.24) is 5.32 Å². The number of carbonyl (C=O) groups excluding carboxylic acids is 1. The summed E-state index contributed by atoms with van der Waals surface area (Å²) < 4.78 is 0.